The molecule has 1 heterocycles. The van der Waals surface area contributed by atoms with E-state index in [1.165, 1.54) is 6.26 Å². The average molecular weight is 303 g/mol. The summed E-state index contributed by atoms with van der Waals surface area (Å²) in [6.45, 7) is 2.02. The molecule has 2 aromatic carbocycles. The number of nitrogens with one attached hydrogen (secondary N) is 1. The molecule has 110 valence electrons. The maximum Gasteiger partial charge on any atom is 0.175 e. The van der Waals surface area contributed by atoms with Gasteiger partial charge < -0.3 is 10.1 Å². The molecule has 2 aromatic rings. The summed E-state index contributed by atoms with van der Waals surface area (Å²) in [5.74, 6) is 0.675. The Balaban J connectivity index is 1.96. The van der Waals surface area contributed by atoms with E-state index >= 15 is 0 Å². The molecule has 1 N–H and O–H groups in total. The highest BCUT2D eigenvalue weighted by Crippen LogP contribution is 2.38. The van der Waals surface area contributed by atoms with Crippen molar-refractivity contribution in [1.82, 2.24) is 0 Å². The van der Waals surface area contributed by atoms with Gasteiger partial charge in [0.1, 0.15) is 11.9 Å². The SMILES string of the molecule is CC1Nc2cc(S(C)(=O)=O)ccc2OC1c1ccccc1. The van der Waals surface area contributed by atoms with E-state index in [1.807, 2.05) is 37.3 Å². The van der Waals surface area contributed by atoms with Gasteiger partial charge in [-0.3, -0.25) is 0 Å². The minimum absolute atomic E-state index is 0.0507. The van der Waals surface area contributed by atoms with Crippen molar-refractivity contribution in [2.45, 2.75) is 24.0 Å². The Kier molecular flexibility index (Phi) is 3.37. The molecule has 1 aliphatic rings. The third-order valence-corrected chi connectivity index (χ3v) is 4.71. The predicted octanol–water partition coefficient (Wildman–Crippen LogP) is 3.02. The van der Waals surface area contributed by atoms with Gasteiger partial charge in [-0.25, -0.2) is 8.42 Å². The van der Waals surface area contributed by atoms with Crippen LogP contribution in [0.5, 0.6) is 5.75 Å². The van der Waals surface area contributed by atoms with Crippen molar-refractivity contribution < 1.29 is 13.2 Å². The Hall–Kier alpha value is -2.01. The highest BCUT2D eigenvalue weighted by atomic mass is 32.2. The van der Waals surface area contributed by atoms with Crippen molar-refractivity contribution >= 4 is 15.5 Å². The van der Waals surface area contributed by atoms with Crippen LogP contribution in [0.2, 0.25) is 0 Å². The molecule has 3 rings (SSSR count). The van der Waals surface area contributed by atoms with E-state index in [4.69, 9.17) is 4.74 Å². The van der Waals surface area contributed by atoms with Gasteiger partial charge in [-0.05, 0) is 30.7 Å². The molecular weight excluding hydrogens is 286 g/mol. The molecule has 0 saturated heterocycles. The van der Waals surface area contributed by atoms with Crippen LogP contribution in [-0.4, -0.2) is 20.7 Å². The average Bonchev–Trinajstić information content (AvgIpc) is 2.46. The van der Waals surface area contributed by atoms with E-state index in [0.29, 0.717) is 10.6 Å². The molecule has 0 saturated carbocycles. The lowest BCUT2D eigenvalue weighted by Gasteiger charge is -2.33. The van der Waals surface area contributed by atoms with Crippen LogP contribution in [0.1, 0.15) is 18.6 Å². The van der Waals surface area contributed by atoms with Crippen LogP contribution in [0.4, 0.5) is 5.69 Å². The molecule has 21 heavy (non-hydrogen) atoms. The van der Waals surface area contributed by atoms with Crippen LogP contribution in [-0.2, 0) is 9.84 Å². The molecule has 0 amide bonds. The highest BCUT2D eigenvalue weighted by molar-refractivity contribution is 7.90. The van der Waals surface area contributed by atoms with Gasteiger partial charge in [-0.2, -0.15) is 0 Å². The Bertz CT molecular complexity index is 756. The largest absolute Gasteiger partial charge is 0.481 e. The van der Waals surface area contributed by atoms with E-state index in [2.05, 4.69) is 5.32 Å². The van der Waals surface area contributed by atoms with Crippen molar-refractivity contribution in [3.63, 3.8) is 0 Å². The normalized spacial score (nSPS) is 21.0. The molecule has 0 radical (unpaired) electrons. The van der Waals surface area contributed by atoms with Gasteiger partial charge in [0, 0.05) is 6.26 Å². The summed E-state index contributed by atoms with van der Waals surface area (Å²) in [5.41, 5.74) is 1.81. The fourth-order valence-corrected chi connectivity index (χ4v) is 3.16. The van der Waals surface area contributed by atoms with E-state index in [1.54, 1.807) is 18.2 Å². The molecule has 0 fully saturated rings. The summed E-state index contributed by atoms with van der Waals surface area (Å²) in [7, 11) is -3.22. The fraction of sp³-hybridized carbons (Fsp3) is 0.250. The first kappa shape index (κ1) is 13.9. The number of anilines is 1. The standard InChI is InChI=1S/C16H17NO3S/c1-11-16(12-6-4-3-5-7-12)20-15-9-8-13(21(2,18)19)10-14(15)17-11/h3-11,16-17H,1-2H3. The number of hydrogen-bond acceptors (Lipinski definition) is 4. The summed E-state index contributed by atoms with van der Waals surface area (Å²) in [6.07, 6.45) is 1.11. The Morgan fingerprint density at radius 3 is 2.48 bits per heavy atom. The second-order valence-corrected chi connectivity index (χ2v) is 7.33. The third-order valence-electron chi connectivity index (χ3n) is 3.60. The van der Waals surface area contributed by atoms with Gasteiger partial charge >= 0.3 is 0 Å². The zero-order chi connectivity index (χ0) is 15.0. The zero-order valence-electron chi connectivity index (χ0n) is 11.9. The Labute approximate surface area is 124 Å². The van der Waals surface area contributed by atoms with Crippen molar-refractivity contribution in [2.24, 2.45) is 0 Å². The van der Waals surface area contributed by atoms with E-state index in [9.17, 15) is 8.42 Å². The van der Waals surface area contributed by atoms with Crippen LogP contribution in [0, 0.1) is 0 Å². The minimum Gasteiger partial charge on any atom is -0.481 e. The van der Waals surface area contributed by atoms with Crippen molar-refractivity contribution in [1.29, 1.82) is 0 Å². The van der Waals surface area contributed by atoms with E-state index in [-0.39, 0.29) is 12.1 Å². The molecule has 0 aliphatic carbocycles. The van der Waals surface area contributed by atoms with Gasteiger partial charge in [0.15, 0.2) is 9.84 Å². The number of hydrogen-bond donors (Lipinski definition) is 1. The molecule has 2 atom stereocenters. The number of rotatable bonds is 2. The second kappa shape index (κ2) is 5.07. The summed E-state index contributed by atoms with van der Waals surface area (Å²) >= 11 is 0. The first-order valence-corrected chi connectivity index (χ1v) is 8.66. The van der Waals surface area contributed by atoms with Gasteiger partial charge in [-0.15, -0.1) is 0 Å². The smallest absolute Gasteiger partial charge is 0.175 e. The minimum atomic E-state index is -3.22. The fourth-order valence-electron chi connectivity index (χ4n) is 2.51. The maximum atomic E-state index is 11.6. The van der Waals surface area contributed by atoms with Gasteiger partial charge in [0.05, 0.1) is 16.6 Å². The van der Waals surface area contributed by atoms with Crippen molar-refractivity contribution in [3.8, 4) is 5.75 Å². The van der Waals surface area contributed by atoms with E-state index in [0.717, 1.165) is 11.3 Å². The molecule has 4 nitrogen and oxygen atoms in total. The molecule has 0 aromatic heterocycles. The zero-order valence-corrected chi connectivity index (χ0v) is 12.7. The lowest BCUT2D eigenvalue weighted by Crippen LogP contribution is -2.32. The van der Waals surface area contributed by atoms with Gasteiger partial charge in [0.2, 0.25) is 0 Å². The number of fused-ring (bicyclic) bond motifs is 1. The van der Waals surface area contributed by atoms with Gasteiger partial charge in [-0.1, -0.05) is 30.3 Å². The van der Waals surface area contributed by atoms with E-state index < -0.39 is 9.84 Å². The van der Waals surface area contributed by atoms with Crippen molar-refractivity contribution in [3.05, 3.63) is 54.1 Å². The van der Waals surface area contributed by atoms with Crippen LogP contribution < -0.4 is 10.1 Å². The van der Waals surface area contributed by atoms with Gasteiger partial charge in [0.25, 0.3) is 0 Å². The van der Waals surface area contributed by atoms with Crippen LogP contribution in [0.15, 0.2) is 53.4 Å². The lowest BCUT2D eigenvalue weighted by molar-refractivity contribution is 0.177. The molecular formula is C16H17NO3S. The van der Waals surface area contributed by atoms with Crippen LogP contribution in [0.3, 0.4) is 0 Å². The van der Waals surface area contributed by atoms with Crippen molar-refractivity contribution in [2.75, 3.05) is 11.6 Å². The second-order valence-electron chi connectivity index (χ2n) is 5.31. The Morgan fingerprint density at radius 2 is 1.81 bits per heavy atom. The van der Waals surface area contributed by atoms with Crippen LogP contribution >= 0.6 is 0 Å². The maximum absolute atomic E-state index is 11.6. The molecule has 5 heteroatoms. The lowest BCUT2D eigenvalue weighted by atomic mass is 10.0. The Morgan fingerprint density at radius 1 is 1.10 bits per heavy atom. The number of ether oxygens (including phenoxy) is 1. The molecule has 2 unspecified atom stereocenters. The molecule has 0 spiro atoms. The van der Waals surface area contributed by atoms with Crippen LogP contribution in [0.25, 0.3) is 0 Å². The first-order chi connectivity index (χ1) is 9.95. The topological polar surface area (TPSA) is 55.4 Å². The predicted molar refractivity (Wildman–Crippen MR) is 82.4 cm³/mol. The molecule has 1 aliphatic heterocycles. The quantitative estimate of drug-likeness (QED) is 0.926. The summed E-state index contributed by atoms with van der Waals surface area (Å²) in [6, 6.07) is 14.9. The highest BCUT2D eigenvalue weighted by Gasteiger charge is 2.28. The summed E-state index contributed by atoms with van der Waals surface area (Å²) in [4.78, 5) is 0.294. The monoisotopic (exact) mass is 303 g/mol. The number of sulfone groups is 1. The number of benzene rings is 2. The summed E-state index contributed by atoms with van der Waals surface area (Å²) < 4.78 is 29.3. The molecule has 0 bridgehead atoms. The third kappa shape index (κ3) is 2.74. The summed E-state index contributed by atoms with van der Waals surface area (Å²) in [5, 5.41) is 3.33. The first-order valence-electron chi connectivity index (χ1n) is 6.77.